The van der Waals surface area contributed by atoms with Crippen molar-refractivity contribution in [3.05, 3.63) is 77.9 Å². The minimum absolute atomic E-state index is 0.00408. The van der Waals surface area contributed by atoms with Gasteiger partial charge >= 0.3 is 0 Å². The molecule has 4 rings (SSSR count). The summed E-state index contributed by atoms with van der Waals surface area (Å²) in [6.07, 6.45) is 0. The van der Waals surface area contributed by atoms with Crippen molar-refractivity contribution >= 4 is 23.6 Å². The van der Waals surface area contributed by atoms with Gasteiger partial charge < -0.3 is 9.80 Å². The number of piperazine rings is 1. The number of aromatic nitrogens is 2. The van der Waals surface area contributed by atoms with Crippen LogP contribution >= 0.6 is 11.8 Å². The zero-order valence-corrected chi connectivity index (χ0v) is 21.6. The lowest BCUT2D eigenvalue weighted by Crippen LogP contribution is -2.57. The fraction of sp³-hybridized carbons (Fsp3) is 0.357. The van der Waals surface area contributed by atoms with Crippen LogP contribution in [0.4, 0.5) is 0 Å². The molecule has 0 spiro atoms. The maximum atomic E-state index is 13.2. The van der Waals surface area contributed by atoms with Gasteiger partial charge in [0.1, 0.15) is 5.03 Å². The average molecular weight is 489 g/mol. The quantitative estimate of drug-likeness (QED) is 0.465. The smallest absolute Gasteiger partial charge is 0.253 e. The lowest BCUT2D eigenvalue weighted by molar-refractivity contribution is -0.143. The van der Waals surface area contributed by atoms with Gasteiger partial charge in [0.2, 0.25) is 5.91 Å². The third-order valence-corrected chi connectivity index (χ3v) is 7.08. The van der Waals surface area contributed by atoms with Gasteiger partial charge in [-0.2, -0.15) is 0 Å². The average Bonchev–Trinajstić information content (AvgIpc) is 2.87. The van der Waals surface area contributed by atoms with Gasteiger partial charge in [-0.3, -0.25) is 9.59 Å². The number of carbonyl (C=O) groups is 2. The van der Waals surface area contributed by atoms with Gasteiger partial charge in [-0.05, 0) is 36.8 Å². The van der Waals surface area contributed by atoms with E-state index in [0.717, 1.165) is 21.8 Å². The highest BCUT2D eigenvalue weighted by molar-refractivity contribution is 7.98. The Kier molecular flexibility index (Phi) is 7.55. The molecule has 0 radical (unpaired) electrons. The summed E-state index contributed by atoms with van der Waals surface area (Å²) in [5.41, 5.74) is 3.21. The summed E-state index contributed by atoms with van der Waals surface area (Å²) in [7, 11) is 0. The van der Waals surface area contributed by atoms with Gasteiger partial charge in [-0.25, -0.2) is 0 Å². The Hall–Kier alpha value is -3.19. The van der Waals surface area contributed by atoms with Crippen molar-refractivity contribution in [1.29, 1.82) is 0 Å². The van der Waals surface area contributed by atoms with E-state index in [4.69, 9.17) is 0 Å². The van der Waals surface area contributed by atoms with Crippen LogP contribution in [0.2, 0.25) is 0 Å². The van der Waals surface area contributed by atoms with E-state index in [0.29, 0.717) is 31.0 Å². The van der Waals surface area contributed by atoms with E-state index in [-0.39, 0.29) is 17.9 Å². The Morgan fingerprint density at radius 1 is 0.971 bits per heavy atom. The molecule has 0 aliphatic carbocycles. The zero-order chi connectivity index (χ0) is 25.0. The van der Waals surface area contributed by atoms with Crippen molar-refractivity contribution in [3.8, 4) is 11.3 Å². The lowest BCUT2D eigenvalue weighted by atomic mass is 9.93. The van der Waals surface area contributed by atoms with E-state index in [2.05, 4.69) is 10.2 Å². The van der Waals surface area contributed by atoms with Crippen LogP contribution in [-0.2, 0) is 10.5 Å². The maximum Gasteiger partial charge on any atom is 0.253 e. The highest BCUT2D eigenvalue weighted by Gasteiger charge is 2.35. The van der Waals surface area contributed by atoms with E-state index < -0.39 is 5.41 Å². The second-order valence-corrected chi connectivity index (χ2v) is 11.0. The molecule has 2 heterocycles. The summed E-state index contributed by atoms with van der Waals surface area (Å²) in [6.45, 7) is 9.48. The number of benzene rings is 2. The molecule has 0 saturated carbocycles. The molecule has 0 N–H and O–H groups in total. The first-order valence-corrected chi connectivity index (χ1v) is 12.9. The molecule has 7 heteroatoms. The van der Waals surface area contributed by atoms with E-state index in [9.17, 15) is 9.59 Å². The van der Waals surface area contributed by atoms with Crippen molar-refractivity contribution in [2.75, 3.05) is 19.6 Å². The van der Waals surface area contributed by atoms with Crippen LogP contribution in [0.3, 0.4) is 0 Å². The Labute approximate surface area is 211 Å². The van der Waals surface area contributed by atoms with Gasteiger partial charge in [-0.15, -0.1) is 10.2 Å². The van der Waals surface area contributed by atoms with Gasteiger partial charge in [0.25, 0.3) is 5.91 Å². The Balaban J connectivity index is 1.36. The second-order valence-electron chi connectivity index (χ2n) is 9.96. The molecule has 2 amide bonds. The lowest BCUT2D eigenvalue weighted by Gasteiger charge is -2.42. The van der Waals surface area contributed by atoms with Gasteiger partial charge in [0.05, 0.1) is 5.69 Å². The summed E-state index contributed by atoms with van der Waals surface area (Å²) in [5, 5.41) is 9.55. The first-order valence-electron chi connectivity index (χ1n) is 11.9. The van der Waals surface area contributed by atoms with Crippen LogP contribution < -0.4 is 0 Å². The molecule has 1 aromatic heterocycles. The van der Waals surface area contributed by atoms with Gasteiger partial charge in [0, 0.05) is 48.0 Å². The van der Waals surface area contributed by atoms with Crippen LogP contribution in [0.25, 0.3) is 11.3 Å². The molecule has 182 valence electrons. The highest BCUT2D eigenvalue weighted by Crippen LogP contribution is 2.25. The van der Waals surface area contributed by atoms with Crippen molar-refractivity contribution in [3.63, 3.8) is 0 Å². The largest absolute Gasteiger partial charge is 0.336 e. The van der Waals surface area contributed by atoms with E-state index in [1.807, 2.05) is 104 Å². The summed E-state index contributed by atoms with van der Waals surface area (Å²) in [4.78, 5) is 29.7. The number of thioether (sulfide) groups is 1. The van der Waals surface area contributed by atoms with Crippen LogP contribution in [-0.4, -0.2) is 57.5 Å². The Morgan fingerprint density at radius 2 is 1.74 bits per heavy atom. The Bertz CT molecular complexity index is 1180. The minimum Gasteiger partial charge on any atom is -0.336 e. The molecule has 1 fully saturated rings. The number of nitrogens with zero attached hydrogens (tertiary/aromatic N) is 4. The van der Waals surface area contributed by atoms with Crippen LogP contribution in [0, 0.1) is 5.41 Å². The third kappa shape index (κ3) is 6.09. The molecule has 0 bridgehead atoms. The van der Waals surface area contributed by atoms with Crippen LogP contribution in [0.5, 0.6) is 0 Å². The number of carbonyl (C=O) groups excluding carboxylic acids is 2. The molecule has 1 unspecified atom stereocenters. The van der Waals surface area contributed by atoms with E-state index in [1.54, 1.807) is 11.8 Å². The number of rotatable bonds is 5. The fourth-order valence-electron chi connectivity index (χ4n) is 4.17. The standard InChI is InChI=1S/C28H32N4O2S/c1-20-18-31(15-16-32(20)27(34)28(2,3)4)26(33)23-12-8-9-21(17-23)19-35-25-14-13-24(29-30-25)22-10-6-5-7-11-22/h5-14,17,20H,15-16,18-19H2,1-4H3. The van der Waals surface area contributed by atoms with Crippen molar-refractivity contribution in [1.82, 2.24) is 20.0 Å². The van der Waals surface area contributed by atoms with Crippen molar-refractivity contribution in [2.24, 2.45) is 5.41 Å². The molecule has 1 saturated heterocycles. The maximum absolute atomic E-state index is 13.2. The topological polar surface area (TPSA) is 66.4 Å². The number of amides is 2. The fourth-order valence-corrected chi connectivity index (χ4v) is 4.93. The predicted octanol–water partition coefficient (Wildman–Crippen LogP) is 5.15. The molecular formula is C28H32N4O2S. The van der Waals surface area contributed by atoms with Gasteiger partial charge in [0.15, 0.2) is 0 Å². The molecule has 1 aliphatic rings. The van der Waals surface area contributed by atoms with Gasteiger partial charge in [-0.1, -0.05) is 75.0 Å². The predicted molar refractivity (Wildman–Crippen MR) is 140 cm³/mol. The van der Waals surface area contributed by atoms with Crippen molar-refractivity contribution in [2.45, 2.75) is 44.5 Å². The Morgan fingerprint density at radius 3 is 2.40 bits per heavy atom. The number of hydrogen-bond acceptors (Lipinski definition) is 5. The third-order valence-electron chi connectivity index (χ3n) is 6.09. The molecule has 6 nitrogen and oxygen atoms in total. The first-order chi connectivity index (χ1) is 16.7. The summed E-state index contributed by atoms with van der Waals surface area (Å²) in [5.74, 6) is 0.847. The summed E-state index contributed by atoms with van der Waals surface area (Å²) < 4.78 is 0. The minimum atomic E-state index is -0.418. The number of hydrogen-bond donors (Lipinski definition) is 0. The second kappa shape index (κ2) is 10.6. The summed E-state index contributed by atoms with van der Waals surface area (Å²) in [6, 6.07) is 21.7. The molecule has 1 aliphatic heterocycles. The molecule has 2 aromatic carbocycles. The first kappa shape index (κ1) is 24.9. The van der Waals surface area contributed by atoms with Crippen LogP contribution in [0.1, 0.15) is 43.6 Å². The van der Waals surface area contributed by atoms with Crippen LogP contribution in [0.15, 0.2) is 71.8 Å². The molecule has 35 heavy (non-hydrogen) atoms. The summed E-state index contributed by atoms with van der Waals surface area (Å²) >= 11 is 1.60. The molecule has 1 atom stereocenters. The van der Waals surface area contributed by atoms with E-state index >= 15 is 0 Å². The zero-order valence-electron chi connectivity index (χ0n) is 20.8. The monoisotopic (exact) mass is 488 g/mol. The van der Waals surface area contributed by atoms with Crippen molar-refractivity contribution < 1.29 is 9.59 Å². The highest BCUT2D eigenvalue weighted by atomic mass is 32.2. The van der Waals surface area contributed by atoms with E-state index in [1.165, 1.54) is 0 Å². The SMILES string of the molecule is CC1CN(C(=O)c2cccc(CSc3ccc(-c4ccccc4)nn3)c2)CCN1C(=O)C(C)(C)C. The molecular weight excluding hydrogens is 456 g/mol. The normalized spacial score (nSPS) is 16.3. The molecule has 3 aromatic rings.